The Hall–Kier alpha value is -0.600. The van der Waals surface area contributed by atoms with Gasteiger partial charge in [-0.1, -0.05) is 84.1 Å². The molecule has 0 spiro atoms. The van der Waals surface area contributed by atoms with Crippen LogP contribution >= 0.6 is 0 Å². The van der Waals surface area contributed by atoms with Crippen molar-refractivity contribution < 1.29 is 19.6 Å². The van der Waals surface area contributed by atoms with Gasteiger partial charge in [-0.15, -0.1) is 0 Å². The van der Waals surface area contributed by atoms with Crippen LogP contribution in [0.1, 0.15) is 106 Å². The maximum atomic E-state index is 9.01. The third-order valence-corrected chi connectivity index (χ3v) is 3.06. The van der Waals surface area contributed by atoms with Crippen LogP contribution in [0.15, 0.2) is 0 Å². The number of hydrogen-bond donors (Lipinski definition) is 1. The fourth-order valence-corrected chi connectivity index (χ4v) is 2.53. The molecule has 0 fully saturated rings. The summed E-state index contributed by atoms with van der Waals surface area (Å²) in [5.74, 6) is 7.33. The lowest BCUT2D eigenvalue weighted by Gasteiger charge is -2.28. The first-order chi connectivity index (χ1) is 10.2. The zero-order valence-electron chi connectivity index (χ0n) is 15.4. The van der Waals surface area contributed by atoms with E-state index < -0.39 is 11.2 Å². The van der Waals surface area contributed by atoms with Gasteiger partial charge in [0.05, 0.1) is 19.8 Å². The van der Waals surface area contributed by atoms with Gasteiger partial charge < -0.3 is 9.84 Å². The topological polar surface area (TPSA) is 47.9 Å². The number of aliphatic hydroxyl groups is 1. The monoisotopic (exact) mass is 410 g/mol. The number of ether oxygens (including phenoxy) is 1. The number of hydrogen-bond acceptors (Lipinski definition) is 4. The molecule has 0 saturated carbocycles. The summed E-state index contributed by atoms with van der Waals surface area (Å²) < 4.78 is 5.77. The molecule has 178 valence electrons. The Morgan fingerprint density at radius 1 is 0.786 bits per heavy atom. The van der Waals surface area contributed by atoms with Crippen LogP contribution in [-0.2, 0) is 14.5 Å². The van der Waals surface area contributed by atoms with E-state index in [4.69, 9.17) is 19.6 Å². The zero-order chi connectivity index (χ0) is 17.2. The van der Waals surface area contributed by atoms with Gasteiger partial charge in [0.25, 0.3) is 0 Å². The average Bonchev–Trinajstić information content (AvgIpc) is 2.40. The van der Waals surface area contributed by atoms with E-state index in [0.29, 0.717) is 18.4 Å². The SMILES string of the molecule is C.C.C.C.C.C.CCOOC(C)(C#CC(C)(CC(C)C)OCCO)CC(C)C. The van der Waals surface area contributed by atoms with E-state index in [1.165, 1.54) is 0 Å². The maximum absolute atomic E-state index is 9.01. The molecular formula is C24H58O4. The quantitative estimate of drug-likeness (QED) is 0.232. The molecule has 28 heavy (non-hydrogen) atoms. The van der Waals surface area contributed by atoms with E-state index in [9.17, 15) is 0 Å². The zero-order valence-corrected chi connectivity index (χ0v) is 15.4. The molecule has 0 rings (SSSR count). The first-order valence-electron chi connectivity index (χ1n) is 8.26. The smallest absolute Gasteiger partial charge is 0.161 e. The van der Waals surface area contributed by atoms with Gasteiger partial charge in [-0.3, -0.25) is 0 Å². The summed E-state index contributed by atoms with van der Waals surface area (Å²) in [5.41, 5.74) is -1.25. The van der Waals surface area contributed by atoms with Crippen LogP contribution in [0.4, 0.5) is 0 Å². The molecule has 2 atom stereocenters. The molecule has 0 bridgehead atoms. The number of aliphatic hydroxyl groups excluding tert-OH is 1. The molecule has 0 aliphatic rings. The normalized spacial score (nSPS) is 13.4. The molecule has 1 N–H and O–H groups in total. The lowest BCUT2D eigenvalue weighted by Crippen LogP contribution is -2.33. The van der Waals surface area contributed by atoms with E-state index in [2.05, 4.69) is 39.5 Å². The second kappa shape index (κ2) is 22.7. The summed E-state index contributed by atoms with van der Waals surface area (Å²) in [5, 5.41) is 9.01. The Labute approximate surface area is 180 Å². The second-order valence-electron chi connectivity index (χ2n) is 6.97. The van der Waals surface area contributed by atoms with Crippen LogP contribution < -0.4 is 0 Å². The molecule has 0 aromatic rings. The van der Waals surface area contributed by atoms with Crippen LogP contribution in [-0.4, -0.2) is 36.1 Å². The van der Waals surface area contributed by atoms with Crippen molar-refractivity contribution in [3.8, 4) is 11.8 Å². The Morgan fingerprint density at radius 2 is 1.18 bits per heavy atom. The van der Waals surface area contributed by atoms with Gasteiger partial charge in [0.2, 0.25) is 0 Å². The Morgan fingerprint density at radius 3 is 1.54 bits per heavy atom. The molecule has 0 amide bonds. The Kier molecular flexibility index (Phi) is 37.2. The lowest BCUT2D eigenvalue weighted by atomic mass is 9.90. The molecule has 2 unspecified atom stereocenters. The van der Waals surface area contributed by atoms with Crippen molar-refractivity contribution in [3.05, 3.63) is 0 Å². The minimum absolute atomic E-state index is 0. The highest BCUT2D eigenvalue weighted by atomic mass is 17.2. The van der Waals surface area contributed by atoms with Gasteiger partial charge in [-0.2, -0.15) is 0 Å². The fraction of sp³-hybridized carbons (Fsp3) is 0.917. The maximum Gasteiger partial charge on any atom is 0.161 e. The molecule has 0 aliphatic carbocycles. The molecule has 0 aromatic carbocycles. The fourth-order valence-electron chi connectivity index (χ4n) is 2.53. The van der Waals surface area contributed by atoms with Gasteiger partial charge in [0.15, 0.2) is 5.60 Å². The van der Waals surface area contributed by atoms with E-state index in [0.717, 1.165) is 12.8 Å². The highest BCUT2D eigenvalue weighted by Gasteiger charge is 2.29. The van der Waals surface area contributed by atoms with Gasteiger partial charge in [-0.25, -0.2) is 9.78 Å². The molecule has 0 aromatic heterocycles. The summed E-state index contributed by atoms with van der Waals surface area (Å²) in [6.07, 6.45) is 1.57. The molecule has 4 heteroatoms. The molecule has 4 nitrogen and oxygen atoms in total. The van der Waals surface area contributed by atoms with Crippen molar-refractivity contribution >= 4 is 0 Å². The van der Waals surface area contributed by atoms with E-state index >= 15 is 0 Å². The van der Waals surface area contributed by atoms with Crippen molar-refractivity contribution in [1.82, 2.24) is 0 Å². The van der Waals surface area contributed by atoms with E-state index in [1.54, 1.807) is 0 Å². The van der Waals surface area contributed by atoms with Crippen LogP contribution in [0.5, 0.6) is 0 Å². The predicted octanol–water partition coefficient (Wildman–Crippen LogP) is 7.39. The summed E-state index contributed by atoms with van der Waals surface area (Å²) in [7, 11) is 0. The standard InChI is InChI=1S/C18H34O4.6CH4/c1-8-21-22-18(7,14-16(4)5)10-9-17(6,13-15(2)3)20-12-11-19;;;;;;/h15-16,19H,8,11-14H2,1-7H3;6*1H4. The summed E-state index contributed by atoms with van der Waals surface area (Å²) >= 11 is 0. The summed E-state index contributed by atoms with van der Waals surface area (Å²) in [6, 6.07) is 0. The van der Waals surface area contributed by atoms with Gasteiger partial charge in [0, 0.05) is 0 Å². The summed E-state index contributed by atoms with van der Waals surface area (Å²) in [6.45, 7) is 15.1. The average molecular weight is 411 g/mol. The molecule has 0 aliphatic heterocycles. The predicted molar refractivity (Wildman–Crippen MR) is 130 cm³/mol. The minimum Gasteiger partial charge on any atom is -0.394 e. The van der Waals surface area contributed by atoms with Crippen LogP contribution in [0.2, 0.25) is 0 Å². The Bertz CT molecular complexity index is 325. The molecule has 0 radical (unpaired) electrons. The van der Waals surface area contributed by atoms with E-state index in [1.807, 2.05) is 20.8 Å². The molecule has 0 heterocycles. The highest BCUT2D eigenvalue weighted by Crippen LogP contribution is 2.24. The van der Waals surface area contributed by atoms with Gasteiger partial charge >= 0.3 is 0 Å². The van der Waals surface area contributed by atoms with Gasteiger partial charge in [0.1, 0.15) is 5.60 Å². The molecular weight excluding hydrogens is 352 g/mol. The number of rotatable bonds is 10. The van der Waals surface area contributed by atoms with E-state index in [-0.39, 0.29) is 57.8 Å². The molecule has 0 saturated heterocycles. The third kappa shape index (κ3) is 21.7. The first-order valence-corrected chi connectivity index (χ1v) is 8.26. The van der Waals surface area contributed by atoms with Crippen molar-refractivity contribution in [2.75, 3.05) is 19.8 Å². The first kappa shape index (κ1) is 45.9. The minimum atomic E-state index is -0.662. The largest absolute Gasteiger partial charge is 0.394 e. The van der Waals surface area contributed by atoms with Gasteiger partial charge in [-0.05, 0) is 45.4 Å². The lowest BCUT2D eigenvalue weighted by molar-refractivity contribution is -0.341. The van der Waals surface area contributed by atoms with Crippen molar-refractivity contribution in [3.63, 3.8) is 0 Å². The second-order valence-corrected chi connectivity index (χ2v) is 6.97. The third-order valence-electron chi connectivity index (χ3n) is 3.06. The summed E-state index contributed by atoms with van der Waals surface area (Å²) in [4.78, 5) is 10.7. The van der Waals surface area contributed by atoms with Crippen molar-refractivity contribution in [1.29, 1.82) is 0 Å². The van der Waals surface area contributed by atoms with Crippen LogP contribution in [0.3, 0.4) is 0 Å². The van der Waals surface area contributed by atoms with Crippen molar-refractivity contribution in [2.24, 2.45) is 11.8 Å². The highest BCUT2D eigenvalue weighted by molar-refractivity contribution is 5.20. The van der Waals surface area contributed by atoms with Crippen LogP contribution in [0.25, 0.3) is 0 Å². The van der Waals surface area contributed by atoms with Crippen molar-refractivity contribution in [2.45, 2.75) is 117 Å². The van der Waals surface area contributed by atoms with Crippen LogP contribution in [0, 0.1) is 23.7 Å². The Balaban J connectivity index is -0.000000147.